The van der Waals surface area contributed by atoms with Crippen LogP contribution in [0.1, 0.15) is 22.1 Å². The van der Waals surface area contributed by atoms with Crippen molar-refractivity contribution in [3.63, 3.8) is 0 Å². The number of primary amides is 1. The van der Waals surface area contributed by atoms with Crippen molar-refractivity contribution in [3.8, 4) is 0 Å². The molecule has 2 rings (SSSR count). The maximum atomic E-state index is 12.5. The summed E-state index contributed by atoms with van der Waals surface area (Å²) in [6.45, 7) is 0. The smallest absolute Gasteiger partial charge is 0.369 e. The van der Waals surface area contributed by atoms with E-state index in [0.29, 0.717) is 10.6 Å². The van der Waals surface area contributed by atoms with Gasteiger partial charge in [0.15, 0.2) is 0 Å². The Morgan fingerprint density at radius 1 is 1.26 bits per heavy atom. The molecule has 1 atom stereocenters. The molecule has 0 fully saturated rings. The monoisotopic (exact) mass is 286 g/mol. The molecule has 2 aromatic rings. The lowest BCUT2D eigenvalue weighted by Crippen LogP contribution is -2.22. The molecule has 0 aliphatic heterocycles. The normalized spacial score (nSPS) is 13.2. The number of thiazole rings is 1. The third-order valence-corrected chi connectivity index (χ3v) is 3.39. The van der Waals surface area contributed by atoms with Crippen molar-refractivity contribution in [2.45, 2.75) is 12.1 Å². The van der Waals surface area contributed by atoms with Gasteiger partial charge < -0.3 is 5.73 Å². The molecule has 19 heavy (non-hydrogen) atoms. The number of carbonyl (C=O) groups is 1. The van der Waals surface area contributed by atoms with E-state index >= 15 is 0 Å². The molecule has 0 aliphatic rings. The van der Waals surface area contributed by atoms with Crippen LogP contribution < -0.4 is 5.73 Å². The number of halogens is 3. The predicted molar refractivity (Wildman–Crippen MR) is 64.6 cm³/mol. The molecule has 1 heterocycles. The molecule has 1 aromatic carbocycles. The summed E-state index contributed by atoms with van der Waals surface area (Å²) >= 11 is 1.23. The topological polar surface area (TPSA) is 56.0 Å². The number of benzene rings is 1. The Morgan fingerprint density at radius 3 is 2.32 bits per heavy atom. The number of amides is 1. The van der Waals surface area contributed by atoms with Crippen LogP contribution in [0.3, 0.4) is 0 Å². The first-order valence-corrected chi connectivity index (χ1v) is 6.13. The number of hydrogen-bond donors (Lipinski definition) is 1. The Labute approximate surface area is 110 Å². The minimum Gasteiger partial charge on any atom is -0.369 e. The minimum absolute atomic E-state index is 0.399. The molecule has 0 saturated carbocycles. The van der Waals surface area contributed by atoms with Gasteiger partial charge >= 0.3 is 6.18 Å². The molecule has 0 bridgehead atoms. The predicted octanol–water partition coefficient (Wildman–Crippen LogP) is 2.78. The lowest BCUT2D eigenvalue weighted by atomic mass is 9.98. The van der Waals surface area contributed by atoms with Gasteiger partial charge in [0, 0.05) is 11.6 Å². The number of alkyl halides is 3. The van der Waals surface area contributed by atoms with E-state index in [1.54, 1.807) is 5.38 Å². The molecular formula is C12H9F3N2OS. The number of aromatic nitrogens is 1. The molecule has 7 heteroatoms. The van der Waals surface area contributed by atoms with Crippen molar-refractivity contribution < 1.29 is 18.0 Å². The largest absolute Gasteiger partial charge is 0.416 e. The third-order valence-electron chi connectivity index (χ3n) is 2.55. The molecule has 2 N–H and O–H groups in total. The lowest BCUT2D eigenvalue weighted by molar-refractivity contribution is -0.137. The molecule has 0 saturated heterocycles. The molecule has 3 nitrogen and oxygen atoms in total. The molecule has 0 spiro atoms. The van der Waals surface area contributed by atoms with Crippen molar-refractivity contribution in [1.82, 2.24) is 4.98 Å². The zero-order chi connectivity index (χ0) is 14.0. The van der Waals surface area contributed by atoms with Gasteiger partial charge in [-0.05, 0) is 17.7 Å². The van der Waals surface area contributed by atoms with E-state index < -0.39 is 23.6 Å². The van der Waals surface area contributed by atoms with Gasteiger partial charge in [-0.15, -0.1) is 11.3 Å². The summed E-state index contributed by atoms with van der Waals surface area (Å²) in [6.07, 6.45) is -2.89. The highest BCUT2D eigenvalue weighted by atomic mass is 32.1. The van der Waals surface area contributed by atoms with Crippen LogP contribution in [0.25, 0.3) is 0 Å². The van der Waals surface area contributed by atoms with Gasteiger partial charge in [0.2, 0.25) is 5.91 Å². The van der Waals surface area contributed by atoms with Gasteiger partial charge in [-0.3, -0.25) is 4.79 Å². The molecule has 1 aromatic heterocycles. The first-order chi connectivity index (χ1) is 8.89. The summed E-state index contributed by atoms with van der Waals surface area (Å²) in [7, 11) is 0. The second-order valence-electron chi connectivity index (χ2n) is 3.83. The van der Waals surface area contributed by atoms with Crippen molar-refractivity contribution in [2.75, 3.05) is 0 Å². The van der Waals surface area contributed by atoms with E-state index in [0.717, 1.165) is 12.1 Å². The zero-order valence-corrected chi connectivity index (χ0v) is 10.3. The van der Waals surface area contributed by atoms with Crippen LogP contribution in [-0.2, 0) is 11.0 Å². The van der Waals surface area contributed by atoms with E-state index in [-0.39, 0.29) is 0 Å². The SMILES string of the molecule is NC(=O)C(c1ccc(C(F)(F)F)cc1)c1nccs1. The third kappa shape index (κ3) is 2.93. The number of rotatable bonds is 3. The Morgan fingerprint density at radius 2 is 1.89 bits per heavy atom. The Bertz CT molecular complexity index is 564. The average Bonchev–Trinajstić information content (AvgIpc) is 2.82. The van der Waals surface area contributed by atoms with Crippen LogP contribution in [0.2, 0.25) is 0 Å². The summed E-state index contributed by atoms with van der Waals surface area (Å²) in [6, 6.07) is 4.36. The summed E-state index contributed by atoms with van der Waals surface area (Å²) < 4.78 is 37.4. The first kappa shape index (κ1) is 13.5. The maximum absolute atomic E-state index is 12.5. The molecule has 0 aliphatic carbocycles. The number of nitrogens with zero attached hydrogens (tertiary/aromatic N) is 1. The van der Waals surface area contributed by atoms with Gasteiger partial charge in [0.05, 0.1) is 5.56 Å². The number of hydrogen-bond acceptors (Lipinski definition) is 3. The van der Waals surface area contributed by atoms with Gasteiger partial charge in [-0.25, -0.2) is 4.98 Å². The summed E-state index contributed by atoms with van der Waals surface area (Å²) in [5.41, 5.74) is 4.92. The Hall–Kier alpha value is -1.89. The van der Waals surface area contributed by atoms with E-state index in [1.165, 1.54) is 29.7 Å². The molecule has 0 radical (unpaired) electrons. The number of carbonyl (C=O) groups excluding carboxylic acids is 1. The highest BCUT2D eigenvalue weighted by Crippen LogP contribution is 2.32. The summed E-state index contributed by atoms with van der Waals surface area (Å²) in [5, 5.41) is 2.14. The first-order valence-electron chi connectivity index (χ1n) is 5.25. The lowest BCUT2D eigenvalue weighted by Gasteiger charge is -2.12. The van der Waals surface area contributed by atoms with Crippen LogP contribution in [0, 0.1) is 0 Å². The van der Waals surface area contributed by atoms with Crippen LogP contribution in [0.15, 0.2) is 35.8 Å². The fraction of sp³-hybridized carbons (Fsp3) is 0.167. The van der Waals surface area contributed by atoms with E-state index in [2.05, 4.69) is 4.98 Å². The Balaban J connectivity index is 2.37. The van der Waals surface area contributed by atoms with Gasteiger partial charge in [-0.2, -0.15) is 13.2 Å². The second kappa shape index (κ2) is 5.00. The number of nitrogens with two attached hydrogens (primary N) is 1. The van der Waals surface area contributed by atoms with Crippen molar-refractivity contribution in [2.24, 2.45) is 5.73 Å². The second-order valence-corrected chi connectivity index (χ2v) is 4.75. The maximum Gasteiger partial charge on any atom is 0.416 e. The summed E-state index contributed by atoms with van der Waals surface area (Å²) in [5.74, 6) is -1.46. The molecule has 1 unspecified atom stereocenters. The van der Waals surface area contributed by atoms with E-state index in [9.17, 15) is 18.0 Å². The van der Waals surface area contributed by atoms with Crippen molar-refractivity contribution >= 4 is 17.2 Å². The highest BCUT2D eigenvalue weighted by molar-refractivity contribution is 7.09. The molecule has 100 valence electrons. The summed E-state index contributed by atoms with van der Waals surface area (Å²) in [4.78, 5) is 15.4. The fourth-order valence-electron chi connectivity index (χ4n) is 1.67. The standard InChI is InChI=1S/C12H9F3N2OS/c13-12(14,15)8-3-1-7(2-4-8)9(10(16)18)11-17-5-6-19-11/h1-6,9H,(H2,16,18). The minimum atomic E-state index is -4.40. The molecular weight excluding hydrogens is 277 g/mol. The van der Waals surface area contributed by atoms with Gasteiger partial charge in [-0.1, -0.05) is 12.1 Å². The van der Waals surface area contributed by atoms with Gasteiger partial charge in [0.1, 0.15) is 10.9 Å². The van der Waals surface area contributed by atoms with Crippen LogP contribution in [-0.4, -0.2) is 10.9 Å². The van der Waals surface area contributed by atoms with Crippen LogP contribution in [0.5, 0.6) is 0 Å². The Kier molecular flexibility index (Phi) is 3.57. The van der Waals surface area contributed by atoms with Gasteiger partial charge in [0.25, 0.3) is 0 Å². The zero-order valence-electron chi connectivity index (χ0n) is 9.52. The van der Waals surface area contributed by atoms with E-state index in [4.69, 9.17) is 5.73 Å². The fourth-order valence-corrected chi connectivity index (χ4v) is 2.44. The van der Waals surface area contributed by atoms with E-state index in [1.807, 2.05) is 0 Å². The average molecular weight is 286 g/mol. The molecule has 1 amide bonds. The highest BCUT2D eigenvalue weighted by Gasteiger charge is 2.31. The van der Waals surface area contributed by atoms with Crippen molar-refractivity contribution in [1.29, 1.82) is 0 Å². The van der Waals surface area contributed by atoms with Crippen molar-refractivity contribution in [3.05, 3.63) is 52.0 Å². The van der Waals surface area contributed by atoms with Crippen LogP contribution >= 0.6 is 11.3 Å². The quantitative estimate of drug-likeness (QED) is 0.943. The van der Waals surface area contributed by atoms with Crippen LogP contribution in [0.4, 0.5) is 13.2 Å².